The number of benzene rings is 4. The van der Waals surface area contributed by atoms with Crippen molar-refractivity contribution < 1.29 is 14.3 Å². The largest absolute Gasteiger partial charge is 0.493 e. The number of hydrogen-bond acceptors (Lipinski definition) is 5. The number of carbonyl (C=O) groups is 1. The summed E-state index contributed by atoms with van der Waals surface area (Å²) in [5.74, 6) is 0.668. The first-order valence-electron chi connectivity index (χ1n) is 12.1. The summed E-state index contributed by atoms with van der Waals surface area (Å²) >= 11 is 12.6. The van der Waals surface area contributed by atoms with Crippen LogP contribution in [0.2, 0.25) is 10.0 Å². The van der Waals surface area contributed by atoms with Gasteiger partial charge in [0.05, 0.1) is 7.11 Å². The minimum absolute atomic E-state index is 0.0305. The molecule has 0 fully saturated rings. The molecule has 0 aromatic heterocycles. The van der Waals surface area contributed by atoms with Crippen LogP contribution in [-0.4, -0.2) is 18.9 Å². The number of rotatable bonds is 11. The van der Waals surface area contributed by atoms with E-state index in [1.807, 2.05) is 30.3 Å². The van der Waals surface area contributed by atoms with Crippen LogP contribution in [-0.2, 0) is 17.9 Å². The molecule has 9 heteroatoms. The highest BCUT2D eigenvalue weighted by molar-refractivity contribution is 6.35. The third kappa shape index (κ3) is 7.22. The molecule has 0 aliphatic heterocycles. The number of ether oxygens (including phenoxy) is 2. The van der Waals surface area contributed by atoms with Crippen molar-refractivity contribution in [1.29, 1.82) is 5.41 Å². The van der Waals surface area contributed by atoms with Gasteiger partial charge in [-0.3, -0.25) is 10.2 Å². The number of hydrogen-bond donors (Lipinski definition) is 4. The van der Waals surface area contributed by atoms with Crippen molar-refractivity contribution >= 4 is 40.6 Å². The third-order valence-electron chi connectivity index (χ3n) is 6.03. The van der Waals surface area contributed by atoms with E-state index < -0.39 is 6.04 Å². The minimum atomic E-state index is -0.752. The second-order valence-corrected chi connectivity index (χ2v) is 9.49. The number of anilines is 1. The fraction of sp³-hybridized carbons (Fsp3) is 0.133. The van der Waals surface area contributed by atoms with Gasteiger partial charge in [-0.25, -0.2) is 0 Å². The summed E-state index contributed by atoms with van der Waals surface area (Å²) < 4.78 is 11.6. The van der Waals surface area contributed by atoms with Gasteiger partial charge in [0.2, 0.25) is 5.91 Å². The first-order chi connectivity index (χ1) is 18.9. The number of nitrogens with one attached hydrogen (secondary N) is 3. The molecular formula is C30H28Cl2N4O3. The Morgan fingerprint density at radius 2 is 1.62 bits per heavy atom. The molecule has 7 nitrogen and oxygen atoms in total. The van der Waals surface area contributed by atoms with Crippen molar-refractivity contribution in [3.05, 3.63) is 123 Å². The average molecular weight is 563 g/mol. The van der Waals surface area contributed by atoms with Crippen LogP contribution < -0.4 is 25.8 Å². The summed E-state index contributed by atoms with van der Waals surface area (Å²) in [6, 6.07) is 26.5. The van der Waals surface area contributed by atoms with Gasteiger partial charge in [-0.1, -0.05) is 65.7 Å². The van der Waals surface area contributed by atoms with E-state index in [1.165, 1.54) is 7.11 Å². The maximum atomic E-state index is 13.4. The summed E-state index contributed by atoms with van der Waals surface area (Å²) in [6.45, 7) is 0.522. The number of carbonyl (C=O) groups excluding carboxylic acids is 1. The van der Waals surface area contributed by atoms with Gasteiger partial charge in [0.25, 0.3) is 0 Å². The summed E-state index contributed by atoms with van der Waals surface area (Å²) in [7, 11) is 1.53. The lowest BCUT2D eigenvalue weighted by Gasteiger charge is -2.22. The molecular weight excluding hydrogens is 535 g/mol. The van der Waals surface area contributed by atoms with Crippen LogP contribution in [0.25, 0.3) is 0 Å². The van der Waals surface area contributed by atoms with Crippen LogP contribution in [0.1, 0.15) is 28.3 Å². The summed E-state index contributed by atoms with van der Waals surface area (Å²) in [6.07, 6.45) is 0. The molecule has 0 unspecified atom stereocenters. The molecule has 0 radical (unpaired) electrons. The highest BCUT2D eigenvalue weighted by atomic mass is 35.5. The zero-order chi connectivity index (χ0) is 27.8. The number of nitrogen functional groups attached to an aromatic ring is 1. The molecule has 39 heavy (non-hydrogen) atoms. The zero-order valence-electron chi connectivity index (χ0n) is 21.2. The van der Waals surface area contributed by atoms with E-state index in [0.717, 1.165) is 5.56 Å². The van der Waals surface area contributed by atoms with E-state index in [0.29, 0.717) is 50.5 Å². The third-order valence-corrected chi connectivity index (χ3v) is 6.74. The Labute approximate surface area is 237 Å². The normalized spacial score (nSPS) is 11.4. The summed E-state index contributed by atoms with van der Waals surface area (Å²) in [5.41, 5.74) is 9.17. The Hall–Kier alpha value is -4.20. The molecule has 4 aromatic rings. The number of amides is 1. The standard InChI is InChI=1S/C30H28Cl2N4O3/c1-38-27-16-21(12-15-26(27)39-18-23-24(31)8-5-9-25(23)32)28(30(37)35-17-19-6-3-2-4-7-19)36-22-13-10-20(11-14-22)29(33)34/h2-16,28,36H,17-18H2,1H3,(H3,33,34)(H,35,37)/t28-/m0/s1. The van der Waals surface area contributed by atoms with Crippen molar-refractivity contribution in [1.82, 2.24) is 5.32 Å². The van der Waals surface area contributed by atoms with E-state index in [1.54, 1.807) is 60.7 Å². The maximum absolute atomic E-state index is 13.4. The molecule has 1 amide bonds. The van der Waals surface area contributed by atoms with Crippen LogP contribution in [0.15, 0.2) is 91.0 Å². The summed E-state index contributed by atoms with van der Waals surface area (Å²) in [5, 5.41) is 14.9. The number of methoxy groups -OCH3 is 1. The molecule has 5 N–H and O–H groups in total. The lowest BCUT2D eigenvalue weighted by atomic mass is 10.0. The second kappa shape index (κ2) is 13.0. The molecule has 200 valence electrons. The number of amidine groups is 1. The fourth-order valence-electron chi connectivity index (χ4n) is 3.90. The smallest absolute Gasteiger partial charge is 0.247 e. The van der Waals surface area contributed by atoms with Crippen LogP contribution in [0.5, 0.6) is 11.5 Å². The van der Waals surface area contributed by atoms with Crippen molar-refractivity contribution in [3.8, 4) is 11.5 Å². The van der Waals surface area contributed by atoms with Crippen LogP contribution in [0.3, 0.4) is 0 Å². The number of halogens is 2. The lowest BCUT2D eigenvalue weighted by molar-refractivity contribution is -0.122. The van der Waals surface area contributed by atoms with Gasteiger partial charge >= 0.3 is 0 Å². The molecule has 0 saturated carbocycles. The van der Waals surface area contributed by atoms with Crippen LogP contribution >= 0.6 is 23.2 Å². The zero-order valence-corrected chi connectivity index (χ0v) is 22.7. The van der Waals surface area contributed by atoms with Crippen LogP contribution in [0.4, 0.5) is 5.69 Å². The van der Waals surface area contributed by atoms with Gasteiger partial charge in [-0.15, -0.1) is 0 Å². The van der Waals surface area contributed by atoms with Gasteiger partial charge in [0.1, 0.15) is 18.5 Å². The maximum Gasteiger partial charge on any atom is 0.247 e. The van der Waals surface area contributed by atoms with Gasteiger partial charge in [0.15, 0.2) is 11.5 Å². The highest BCUT2D eigenvalue weighted by Gasteiger charge is 2.23. The SMILES string of the molecule is COc1cc([C@H](Nc2ccc(C(=N)N)cc2)C(=O)NCc2ccccc2)ccc1OCc1c(Cl)cccc1Cl. The van der Waals surface area contributed by atoms with E-state index in [4.69, 9.17) is 43.8 Å². The van der Waals surface area contributed by atoms with Crippen molar-refractivity contribution in [2.24, 2.45) is 5.73 Å². The highest BCUT2D eigenvalue weighted by Crippen LogP contribution is 2.34. The van der Waals surface area contributed by atoms with Crippen molar-refractivity contribution in [3.63, 3.8) is 0 Å². The lowest BCUT2D eigenvalue weighted by Crippen LogP contribution is -2.33. The molecule has 1 atom stereocenters. The van der Waals surface area contributed by atoms with Crippen LogP contribution in [0, 0.1) is 5.41 Å². The molecule has 0 saturated heterocycles. The van der Waals surface area contributed by atoms with Gasteiger partial charge in [-0.2, -0.15) is 0 Å². The van der Waals surface area contributed by atoms with E-state index in [9.17, 15) is 4.79 Å². The van der Waals surface area contributed by atoms with Gasteiger partial charge < -0.3 is 25.8 Å². The monoisotopic (exact) mass is 562 g/mol. The average Bonchev–Trinajstić information content (AvgIpc) is 2.95. The minimum Gasteiger partial charge on any atom is -0.493 e. The Kier molecular flexibility index (Phi) is 9.31. The molecule has 0 spiro atoms. The fourth-order valence-corrected chi connectivity index (χ4v) is 4.41. The van der Waals surface area contributed by atoms with E-state index in [-0.39, 0.29) is 18.3 Å². The predicted octanol–water partition coefficient (Wildman–Crippen LogP) is 6.33. The molecule has 4 aromatic carbocycles. The first-order valence-corrected chi connectivity index (χ1v) is 12.9. The second-order valence-electron chi connectivity index (χ2n) is 8.67. The van der Waals surface area contributed by atoms with E-state index >= 15 is 0 Å². The Balaban J connectivity index is 1.58. The topological polar surface area (TPSA) is 109 Å². The van der Waals surface area contributed by atoms with E-state index in [2.05, 4.69) is 10.6 Å². The van der Waals surface area contributed by atoms with Crippen molar-refractivity contribution in [2.45, 2.75) is 19.2 Å². The summed E-state index contributed by atoms with van der Waals surface area (Å²) in [4.78, 5) is 13.4. The molecule has 4 rings (SSSR count). The quantitative estimate of drug-likeness (QED) is 0.126. The Morgan fingerprint density at radius 1 is 0.923 bits per heavy atom. The number of nitrogens with two attached hydrogens (primary N) is 1. The van der Waals surface area contributed by atoms with Crippen molar-refractivity contribution in [2.75, 3.05) is 12.4 Å². The van der Waals surface area contributed by atoms with Gasteiger partial charge in [0, 0.05) is 33.4 Å². The predicted molar refractivity (Wildman–Crippen MR) is 156 cm³/mol. The molecule has 0 bridgehead atoms. The first kappa shape index (κ1) is 27.8. The Morgan fingerprint density at radius 3 is 2.26 bits per heavy atom. The molecule has 0 aliphatic carbocycles. The molecule has 0 heterocycles. The Bertz CT molecular complexity index is 1430. The van der Waals surface area contributed by atoms with Gasteiger partial charge in [-0.05, 0) is 59.7 Å². The molecule has 0 aliphatic rings.